The van der Waals surface area contributed by atoms with E-state index in [1.165, 1.54) is 7.11 Å². The molecule has 1 N–H and O–H groups in total. The third-order valence-corrected chi connectivity index (χ3v) is 4.06. The van der Waals surface area contributed by atoms with E-state index in [1.54, 1.807) is 42.5 Å². The Bertz CT molecular complexity index is 738. The molecule has 0 saturated carbocycles. The first-order chi connectivity index (χ1) is 12.0. The number of carbonyl (C=O) groups excluding carboxylic acids is 2. The Balaban J connectivity index is 1.89. The molecule has 0 aliphatic heterocycles. The lowest BCUT2D eigenvalue weighted by Crippen LogP contribution is -2.33. The number of aromatic nitrogens is 1. The van der Waals surface area contributed by atoms with Gasteiger partial charge in [-0.3, -0.25) is 9.78 Å². The number of rotatable bonds is 7. The highest BCUT2D eigenvalue weighted by Crippen LogP contribution is 2.23. The smallest absolute Gasteiger partial charge is 0.337 e. The van der Waals surface area contributed by atoms with Crippen molar-refractivity contribution in [1.82, 2.24) is 9.88 Å². The summed E-state index contributed by atoms with van der Waals surface area (Å²) in [4.78, 5) is 29.4. The Morgan fingerprint density at radius 3 is 2.64 bits per heavy atom. The van der Waals surface area contributed by atoms with Crippen LogP contribution in [0.2, 0.25) is 5.02 Å². The van der Waals surface area contributed by atoms with Crippen LogP contribution in [-0.4, -0.2) is 49.0 Å². The first-order valence-corrected chi connectivity index (χ1v) is 8.13. The van der Waals surface area contributed by atoms with Gasteiger partial charge in [0.2, 0.25) is 5.91 Å². The number of methoxy groups -OCH3 is 1. The largest absolute Gasteiger partial charge is 0.465 e. The number of esters is 1. The second-order valence-electron chi connectivity index (χ2n) is 5.46. The van der Waals surface area contributed by atoms with E-state index in [-0.39, 0.29) is 12.5 Å². The van der Waals surface area contributed by atoms with E-state index in [0.29, 0.717) is 22.8 Å². The fraction of sp³-hybridized carbons (Fsp3) is 0.278. The maximum absolute atomic E-state index is 12.2. The van der Waals surface area contributed by atoms with Crippen molar-refractivity contribution in [3.05, 3.63) is 58.9 Å². The molecule has 0 atom stereocenters. The van der Waals surface area contributed by atoms with Crippen LogP contribution in [0, 0.1) is 0 Å². The van der Waals surface area contributed by atoms with Crippen LogP contribution in [0.1, 0.15) is 15.9 Å². The van der Waals surface area contributed by atoms with Crippen molar-refractivity contribution >= 4 is 29.2 Å². The molecule has 25 heavy (non-hydrogen) atoms. The number of halogens is 1. The lowest BCUT2D eigenvalue weighted by molar-refractivity contribution is -0.127. The minimum atomic E-state index is -0.458. The van der Waals surface area contributed by atoms with Gasteiger partial charge in [-0.05, 0) is 42.3 Å². The van der Waals surface area contributed by atoms with Crippen molar-refractivity contribution in [2.24, 2.45) is 0 Å². The summed E-state index contributed by atoms with van der Waals surface area (Å²) in [5.41, 5.74) is 2.00. The number of hydrogen-bond donors (Lipinski definition) is 1. The Morgan fingerprint density at radius 2 is 1.96 bits per heavy atom. The summed E-state index contributed by atoms with van der Waals surface area (Å²) in [6.07, 6.45) is 4.22. The maximum Gasteiger partial charge on any atom is 0.337 e. The number of pyridine rings is 1. The van der Waals surface area contributed by atoms with Gasteiger partial charge in [0.1, 0.15) is 0 Å². The van der Waals surface area contributed by atoms with Crippen LogP contribution in [-0.2, 0) is 16.0 Å². The summed E-state index contributed by atoms with van der Waals surface area (Å²) in [7, 11) is 3.06. The van der Waals surface area contributed by atoms with Crippen molar-refractivity contribution in [1.29, 1.82) is 0 Å². The number of hydrogen-bond acceptors (Lipinski definition) is 5. The van der Waals surface area contributed by atoms with Gasteiger partial charge >= 0.3 is 5.97 Å². The second kappa shape index (κ2) is 9.03. The SMILES string of the molecule is COC(=O)c1ccc(Cl)c(NCC(=O)N(C)CCc2ccncc2)c1. The molecule has 1 aromatic carbocycles. The predicted octanol–water partition coefficient (Wildman–Crippen LogP) is 2.63. The Hall–Kier alpha value is -2.60. The lowest BCUT2D eigenvalue weighted by atomic mass is 10.2. The summed E-state index contributed by atoms with van der Waals surface area (Å²) in [6, 6.07) is 8.58. The number of anilines is 1. The molecule has 7 heteroatoms. The standard InChI is InChI=1S/C18H20ClN3O3/c1-22(10-7-13-5-8-20-9-6-13)17(23)12-21-16-11-14(18(24)25-2)3-4-15(16)19/h3-6,8-9,11,21H,7,10,12H2,1-2H3. The number of benzene rings is 1. The molecule has 0 bridgehead atoms. The van der Waals surface area contributed by atoms with E-state index >= 15 is 0 Å². The molecule has 2 rings (SSSR count). The number of ether oxygens (including phenoxy) is 1. The zero-order valence-electron chi connectivity index (χ0n) is 14.2. The van der Waals surface area contributed by atoms with E-state index in [4.69, 9.17) is 11.6 Å². The van der Waals surface area contributed by atoms with E-state index in [0.717, 1.165) is 12.0 Å². The molecule has 0 unspecified atom stereocenters. The predicted molar refractivity (Wildman–Crippen MR) is 96.9 cm³/mol. The zero-order valence-corrected chi connectivity index (χ0v) is 14.9. The molecule has 0 aliphatic carbocycles. The summed E-state index contributed by atoms with van der Waals surface area (Å²) in [5.74, 6) is -0.533. The summed E-state index contributed by atoms with van der Waals surface area (Å²) >= 11 is 6.10. The van der Waals surface area contributed by atoms with Crippen LogP contribution < -0.4 is 5.32 Å². The van der Waals surface area contributed by atoms with Crippen LogP contribution in [0.4, 0.5) is 5.69 Å². The van der Waals surface area contributed by atoms with E-state index in [2.05, 4.69) is 15.0 Å². The van der Waals surface area contributed by atoms with Gasteiger partial charge in [-0.2, -0.15) is 0 Å². The van der Waals surface area contributed by atoms with Gasteiger partial charge in [0.25, 0.3) is 0 Å². The molecular formula is C18H20ClN3O3. The van der Waals surface area contributed by atoms with Gasteiger partial charge in [0, 0.05) is 26.0 Å². The number of carbonyl (C=O) groups is 2. The molecule has 132 valence electrons. The van der Waals surface area contributed by atoms with Crippen molar-refractivity contribution in [3.8, 4) is 0 Å². The van der Waals surface area contributed by atoms with Gasteiger partial charge in [0.05, 0.1) is 29.9 Å². The molecular weight excluding hydrogens is 342 g/mol. The molecule has 0 saturated heterocycles. The number of likely N-dealkylation sites (N-methyl/N-ethyl adjacent to an activating group) is 1. The topological polar surface area (TPSA) is 71.5 Å². The average Bonchev–Trinajstić information content (AvgIpc) is 2.65. The highest BCUT2D eigenvalue weighted by molar-refractivity contribution is 6.33. The maximum atomic E-state index is 12.2. The lowest BCUT2D eigenvalue weighted by Gasteiger charge is -2.18. The third kappa shape index (κ3) is 5.46. The molecule has 6 nitrogen and oxygen atoms in total. The summed E-state index contributed by atoms with van der Waals surface area (Å²) in [6.45, 7) is 0.678. The van der Waals surface area contributed by atoms with Gasteiger partial charge < -0.3 is 15.0 Å². The molecule has 0 radical (unpaired) electrons. The third-order valence-electron chi connectivity index (χ3n) is 3.73. The summed E-state index contributed by atoms with van der Waals surface area (Å²) in [5, 5.41) is 3.40. The molecule has 0 spiro atoms. The monoisotopic (exact) mass is 361 g/mol. The van der Waals surface area contributed by atoms with Crippen molar-refractivity contribution in [2.45, 2.75) is 6.42 Å². The van der Waals surface area contributed by atoms with E-state index in [1.807, 2.05) is 12.1 Å². The van der Waals surface area contributed by atoms with Crippen molar-refractivity contribution < 1.29 is 14.3 Å². The highest BCUT2D eigenvalue weighted by atomic mass is 35.5. The Kier molecular flexibility index (Phi) is 6.77. The van der Waals surface area contributed by atoms with E-state index < -0.39 is 5.97 Å². The number of amides is 1. The average molecular weight is 362 g/mol. The zero-order chi connectivity index (χ0) is 18.2. The molecule has 1 aromatic heterocycles. The molecule has 1 amide bonds. The second-order valence-corrected chi connectivity index (χ2v) is 5.87. The van der Waals surface area contributed by atoms with Gasteiger partial charge in [-0.1, -0.05) is 11.6 Å². The molecule has 1 heterocycles. The van der Waals surface area contributed by atoms with Gasteiger partial charge in [0.15, 0.2) is 0 Å². The fourth-order valence-electron chi connectivity index (χ4n) is 2.18. The van der Waals surface area contributed by atoms with Crippen LogP contribution in [0.15, 0.2) is 42.7 Å². The molecule has 0 aliphatic rings. The molecule has 2 aromatic rings. The molecule has 0 fully saturated rings. The quantitative estimate of drug-likeness (QED) is 0.767. The van der Waals surface area contributed by atoms with Crippen LogP contribution in [0.5, 0.6) is 0 Å². The Labute approximate surface area is 151 Å². The normalized spacial score (nSPS) is 10.2. The Morgan fingerprint density at radius 1 is 1.24 bits per heavy atom. The van der Waals surface area contributed by atoms with Crippen LogP contribution >= 0.6 is 11.6 Å². The minimum absolute atomic E-state index is 0.0754. The fourth-order valence-corrected chi connectivity index (χ4v) is 2.37. The van der Waals surface area contributed by atoms with E-state index in [9.17, 15) is 9.59 Å². The van der Waals surface area contributed by atoms with Gasteiger partial charge in [-0.25, -0.2) is 4.79 Å². The minimum Gasteiger partial charge on any atom is -0.465 e. The van der Waals surface area contributed by atoms with Crippen molar-refractivity contribution in [3.63, 3.8) is 0 Å². The highest BCUT2D eigenvalue weighted by Gasteiger charge is 2.12. The van der Waals surface area contributed by atoms with Crippen LogP contribution in [0.25, 0.3) is 0 Å². The summed E-state index contributed by atoms with van der Waals surface area (Å²) < 4.78 is 4.68. The number of nitrogens with zero attached hydrogens (tertiary/aromatic N) is 2. The van der Waals surface area contributed by atoms with Crippen LogP contribution in [0.3, 0.4) is 0 Å². The van der Waals surface area contributed by atoms with Gasteiger partial charge in [-0.15, -0.1) is 0 Å². The number of nitrogens with one attached hydrogen (secondary N) is 1. The van der Waals surface area contributed by atoms with Crippen molar-refractivity contribution in [2.75, 3.05) is 32.6 Å². The first-order valence-electron chi connectivity index (χ1n) is 7.76. The first kappa shape index (κ1) is 18.7.